The van der Waals surface area contributed by atoms with E-state index in [1.165, 1.54) is 4.90 Å². The summed E-state index contributed by atoms with van der Waals surface area (Å²) in [4.78, 5) is 25.1. The van der Waals surface area contributed by atoms with Crippen LogP contribution in [0.1, 0.15) is 23.7 Å². The van der Waals surface area contributed by atoms with Gasteiger partial charge in [0.15, 0.2) is 0 Å². The third-order valence-electron chi connectivity index (χ3n) is 2.69. The van der Waals surface area contributed by atoms with Crippen LogP contribution in [0, 0.1) is 0 Å². The number of nitrogens with zero attached hydrogens (tertiary/aromatic N) is 1. The lowest BCUT2D eigenvalue weighted by atomic mass is 10.1. The molecule has 0 bridgehead atoms. The van der Waals surface area contributed by atoms with Crippen molar-refractivity contribution < 1.29 is 9.59 Å². The molecule has 0 aliphatic carbocycles. The Hall–Kier alpha value is -2.24. The Balaban J connectivity index is 2.80. The SMILES string of the molecule is CCCNC(=O)CNc1cc(N)ccc1C(=O)N(C)C. The monoisotopic (exact) mass is 278 g/mol. The number of amides is 2. The molecule has 0 aromatic heterocycles. The molecule has 0 heterocycles. The van der Waals surface area contributed by atoms with E-state index in [1.807, 2.05) is 6.92 Å². The number of rotatable bonds is 6. The van der Waals surface area contributed by atoms with E-state index in [0.29, 0.717) is 23.5 Å². The number of hydrogen-bond acceptors (Lipinski definition) is 4. The Bertz CT molecular complexity index is 486. The van der Waals surface area contributed by atoms with E-state index in [4.69, 9.17) is 5.73 Å². The summed E-state index contributed by atoms with van der Waals surface area (Å²) in [5, 5.41) is 5.72. The van der Waals surface area contributed by atoms with Gasteiger partial charge in [-0.05, 0) is 24.6 Å². The minimum absolute atomic E-state index is 0.108. The molecule has 0 fully saturated rings. The van der Waals surface area contributed by atoms with Crippen molar-refractivity contribution in [1.29, 1.82) is 0 Å². The number of anilines is 2. The lowest BCUT2D eigenvalue weighted by molar-refractivity contribution is -0.119. The molecule has 2 amide bonds. The summed E-state index contributed by atoms with van der Waals surface area (Å²) in [6, 6.07) is 4.98. The van der Waals surface area contributed by atoms with Crippen LogP contribution >= 0.6 is 0 Å². The molecule has 0 atom stereocenters. The highest BCUT2D eigenvalue weighted by molar-refractivity contribution is 6.00. The third-order valence-corrected chi connectivity index (χ3v) is 2.69. The fourth-order valence-electron chi connectivity index (χ4n) is 1.64. The number of nitrogens with two attached hydrogens (primary N) is 1. The number of benzene rings is 1. The smallest absolute Gasteiger partial charge is 0.255 e. The summed E-state index contributed by atoms with van der Waals surface area (Å²) in [7, 11) is 3.35. The molecule has 0 unspecified atom stereocenters. The van der Waals surface area contributed by atoms with Crippen molar-refractivity contribution in [1.82, 2.24) is 10.2 Å². The molecule has 6 nitrogen and oxygen atoms in total. The van der Waals surface area contributed by atoms with Gasteiger partial charge in [-0.1, -0.05) is 6.92 Å². The van der Waals surface area contributed by atoms with Crippen LogP contribution in [0.15, 0.2) is 18.2 Å². The largest absolute Gasteiger partial charge is 0.399 e. The van der Waals surface area contributed by atoms with E-state index in [-0.39, 0.29) is 18.4 Å². The maximum atomic E-state index is 12.0. The molecule has 4 N–H and O–H groups in total. The van der Waals surface area contributed by atoms with E-state index in [2.05, 4.69) is 10.6 Å². The predicted molar refractivity (Wildman–Crippen MR) is 80.7 cm³/mol. The van der Waals surface area contributed by atoms with Gasteiger partial charge in [0.25, 0.3) is 5.91 Å². The Morgan fingerprint density at radius 3 is 2.60 bits per heavy atom. The van der Waals surface area contributed by atoms with Crippen molar-refractivity contribution in [3.8, 4) is 0 Å². The maximum Gasteiger partial charge on any atom is 0.255 e. The number of nitrogen functional groups attached to an aromatic ring is 1. The van der Waals surface area contributed by atoms with Gasteiger partial charge >= 0.3 is 0 Å². The van der Waals surface area contributed by atoms with Crippen LogP contribution in [0.25, 0.3) is 0 Å². The van der Waals surface area contributed by atoms with Gasteiger partial charge in [-0.3, -0.25) is 9.59 Å². The van der Waals surface area contributed by atoms with Crippen molar-refractivity contribution in [3.05, 3.63) is 23.8 Å². The zero-order chi connectivity index (χ0) is 15.1. The van der Waals surface area contributed by atoms with Gasteiger partial charge in [-0.2, -0.15) is 0 Å². The molecule has 6 heteroatoms. The first-order chi connectivity index (χ1) is 9.45. The first kappa shape index (κ1) is 15.8. The van der Waals surface area contributed by atoms with E-state index >= 15 is 0 Å². The molecule has 0 aliphatic heterocycles. The molecule has 1 rings (SSSR count). The topological polar surface area (TPSA) is 87.5 Å². The Morgan fingerprint density at radius 2 is 2.00 bits per heavy atom. The number of nitrogens with one attached hydrogen (secondary N) is 2. The summed E-state index contributed by atoms with van der Waals surface area (Å²) >= 11 is 0. The number of carbonyl (C=O) groups is 2. The molecule has 110 valence electrons. The van der Waals surface area contributed by atoms with Gasteiger partial charge < -0.3 is 21.3 Å². The van der Waals surface area contributed by atoms with E-state index in [9.17, 15) is 9.59 Å². The normalized spacial score (nSPS) is 9.95. The molecule has 0 radical (unpaired) electrons. The molecule has 0 saturated carbocycles. The molecule has 0 saturated heterocycles. The average molecular weight is 278 g/mol. The van der Waals surface area contributed by atoms with Crippen molar-refractivity contribution in [3.63, 3.8) is 0 Å². The fraction of sp³-hybridized carbons (Fsp3) is 0.429. The highest BCUT2D eigenvalue weighted by Gasteiger charge is 2.14. The van der Waals surface area contributed by atoms with Gasteiger partial charge in [-0.25, -0.2) is 0 Å². The predicted octanol–water partition coefficient (Wildman–Crippen LogP) is 0.909. The first-order valence-corrected chi connectivity index (χ1v) is 6.57. The number of hydrogen-bond donors (Lipinski definition) is 3. The second-order valence-corrected chi connectivity index (χ2v) is 4.71. The molecular formula is C14H22N4O2. The second-order valence-electron chi connectivity index (χ2n) is 4.71. The summed E-state index contributed by atoms with van der Waals surface area (Å²) in [6.07, 6.45) is 0.883. The van der Waals surface area contributed by atoms with Crippen LogP contribution in [0.4, 0.5) is 11.4 Å². The van der Waals surface area contributed by atoms with Gasteiger partial charge in [-0.15, -0.1) is 0 Å². The summed E-state index contributed by atoms with van der Waals surface area (Å²) in [6.45, 7) is 2.73. The Kier molecular flexibility index (Phi) is 5.83. The van der Waals surface area contributed by atoms with Crippen LogP contribution in [-0.4, -0.2) is 43.9 Å². The van der Waals surface area contributed by atoms with Gasteiger partial charge in [0.05, 0.1) is 12.1 Å². The van der Waals surface area contributed by atoms with E-state index in [1.54, 1.807) is 32.3 Å². The Morgan fingerprint density at radius 1 is 1.30 bits per heavy atom. The average Bonchev–Trinajstić information content (AvgIpc) is 2.42. The van der Waals surface area contributed by atoms with Crippen molar-refractivity contribution in [2.75, 3.05) is 38.2 Å². The minimum atomic E-state index is -0.138. The second kappa shape index (κ2) is 7.37. The van der Waals surface area contributed by atoms with Crippen molar-refractivity contribution in [2.24, 2.45) is 0 Å². The molecule has 20 heavy (non-hydrogen) atoms. The molecule has 1 aromatic rings. The zero-order valence-corrected chi connectivity index (χ0v) is 12.2. The van der Waals surface area contributed by atoms with Crippen LogP contribution in [-0.2, 0) is 4.79 Å². The van der Waals surface area contributed by atoms with E-state index in [0.717, 1.165) is 6.42 Å². The zero-order valence-electron chi connectivity index (χ0n) is 12.2. The molecule has 1 aromatic carbocycles. The fourth-order valence-corrected chi connectivity index (χ4v) is 1.64. The van der Waals surface area contributed by atoms with Gasteiger partial charge in [0.2, 0.25) is 5.91 Å². The quantitative estimate of drug-likeness (QED) is 0.675. The van der Waals surface area contributed by atoms with Crippen molar-refractivity contribution >= 4 is 23.2 Å². The number of carbonyl (C=O) groups excluding carboxylic acids is 2. The summed E-state index contributed by atoms with van der Waals surface area (Å²) in [5.41, 5.74) is 7.32. The van der Waals surface area contributed by atoms with Crippen LogP contribution < -0.4 is 16.4 Å². The third kappa shape index (κ3) is 4.46. The van der Waals surface area contributed by atoms with Gasteiger partial charge in [0.1, 0.15) is 0 Å². The Labute approximate surface area is 119 Å². The summed E-state index contributed by atoms with van der Waals surface area (Å²) < 4.78 is 0. The first-order valence-electron chi connectivity index (χ1n) is 6.57. The summed E-state index contributed by atoms with van der Waals surface area (Å²) in [5.74, 6) is -0.251. The molecular weight excluding hydrogens is 256 g/mol. The van der Waals surface area contributed by atoms with Crippen LogP contribution in [0.3, 0.4) is 0 Å². The standard InChI is InChI=1S/C14H22N4O2/c1-4-7-16-13(19)9-17-12-8-10(15)5-6-11(12)14(20)18(2)3/h5-6,8,17H,4,7,9,15H2,1-3H3,(H,16,19). The highest BCUT2D eigenvalue weighted by atomic mass is 16.2. The minimum Gasteiger partial charge on any atom is -0.399 e. The van der Waals surface area contributed by atoms with Crippen LogP contribution in [0.5, 0.6) is 0 Å². The highest BCUT2D eigenvalue weighted by Crippen LogP contribution is 2.20. The molecule has 0 aliphatic rings. The molecule has 0 spiro atoms. The maximum absolute atomic E-state index is 12.0. The van der Waals surface area contributed by atoms with Crippen LogP contribution in [0.2, 0.25) is 0 Å². The lowest BCUT2D eigenvalue weighted by Gasteiger charge is -2.16. The van der Waals surface area contributed by atoms with E-state index < -0.39 is 0 Å². The lowest BCUT2D eigenvalue weighted by Crippen LogP contribution is -2.31. The van der Waals surface area contributed by atoms with Crippen molar-refractivity contribution in [2.45, 2.75) is 13.3 Å². The van der Waals surface area contributed by atoms with Gasteiger partial charge in [0, 0.05) is 32.0 Å².